The second-order valence-corrected chi connectivity index (χ2v) is 7.66. The Hall–Kier alpha value is -3.06. The van der Waals surface area contributed by atoms with Gasteiger partial charge in [-0.25, -0.2) is 9.78 Å². The Balaban J connectivity index is 1.59. The van der Waals surface area contributed by atoms with Crippen LogP contribution in [0, 0.1) is 13.8 Å². The predicted molar refractivity (Wildman–Crippen MR) is 113 cm³/mol. The fraction of sp³-hybridized carbons (Fsp3) is 0.273. The predicted octanol–water partition coefficient (Wildman–Crippen LogP) is 4.25. The minimum Gasteiger partial charge on any atom is -0.451 e. The van der Waals surface area contributed by atoms with Crippen molar-refractivity contribution in [1.29, 1.82) is 0 Å². The molecule has 150 valence electrons. The van der Waals surface area contributed by atoms with Gasteiger partial charge >= 0.3 is 5.97 Å². The summed E-state index contributed by atoms with van der Waals surface area (Å²) in [5.41, 5.74) is 3.44. The molecule has 29 heavy (non-hydrogen) atoms. The van der Waals surface area contributed by atoms with Crippen LogP contribution < -0.4 is 5.32 Å². The number of nitrogens with zero attached hydrogens (tertiary/aromatic N) is 2. The molecule has 0 spiro atoms. The van der Waals surface area contributed by atoms with Crippen molar-refractivity contribution in [3.05, 3.63) is 70.4 Å². The highest BCUT2D eigenvalue weighted by Crippen LogP contribution is 2.27. The van der Waals surface area contributed by atoms with E-state index in [-0.39, 0.29) is 18.6 Å². The topological polar surface area (TPSA) is 81.2 Å². The molecule has 0 bridgehead atoms. The van der Waals surface area contributed by atoms with E-state index >= 15 is 0 Å². The largest absolute Gasteiger partial charge is 0.451 e. The van der Waals surface area contributed by atoms with Gasteiger partial charge < -0.3 is 10.1 Å². The standard InChI is InChI=1S/C22H23N3O3S/c1-4-17(16-10-8-14(2)9-11-16)25-19(26)13-28-22(27)20-15(3)24-21(29-20)18-7-5-6-12-23-18/h5-12,17H,4,13H2,1-3H3,(H,25,26)/t17-/m0/s1. The summed E-state index contributed by atoms with van der Waals surface area (Å²) in [5.74, 6) is -0.890. The number of esters is 1. The minimum atomic E-state index is -0.555. The summed E-state index contributed by atoms with van der Waals surface area (Å²) in [6, 6.07) is 13.4. The second-order valence-electron chi connectivity index (χ2n) is 6.66. The molecule has 0 saturated heterocycles. The van der Waals surface area contributed by atoms with Crippen molar-refractivity contribution in [3.63, 3.8) is 0 Å². The molecule has 0 fully saturated rings. The molecule has 0 saturated carbocycles. The Kier molecular flexibility index (Phi) is 6.72. The summed E-state index contributed by atoms with van der Waals surface area (Å²) < 4.78 is 5.22. The van der Waals surface area contributed by atoms with E-state index in [1.165, 1.54) is 11.3 Å². The molecular weight excluding hydrogens is 386 g/mol. The lowest BCUT2D eigenvalue weighted by molar-refractivity contribution is -0.125. The number of aromatic nitrogens is 2. The molecule has 1 atom stereocenters. The van der Waals surface area contributed by atoms with E-state index < -0.39 is 5.97 Å². The first-order valence-corrected chi connectivity index (χ1v) is 10.2. The van der Waals surface area contributed by atoms with Crippen LogP contribution in [0.15, 0.2) is 48.7 Å². The molecule has 1 aromatic carbocycles. The molecule has 3 aromatic rings. The number of aryl methyl sites for hydroxylation is 2. The van der Waals surface area contributed by atoms with Crippen LogP contribution >= 0.6 is 11.3 Å². The van der Waals surface area contributed by atoms with Crippen molar-refractivity contribution in [2.24, 2.45) is 0 Å². The summed E-state index contributed by atoms with van der Waals surface area (Å²) in [4.78, 5) is 33.7. The van der Waals surface area contributed by atoms with Crippen LogP contribution in [0.1, 0.15) is 45.9 Å². The minimum absolute atomic E-state index is 0.122. The van der Waals surface area contributed by atoms with Gasteiger partial charge in [-0.3, -0.25) is 9.78 Å². The summed E-state index contributed by atoms with van der Waals surface area (Å²) in [6.45, 7) is 5.42. The molecule has 0 aliphatic rings. The first-order chi connectivity index (χ1) is 14.0. The molecule has 0 radical (unpaired) electrons. The zero-order valence-corrected chi connectivity index (χ0v) is 17.5. The molecule has 0 aliphatic heterocycles. The number of thiazole rings is 1. The van der Waals surface area contributed by atoms with Gasteiger partial charge in [-0.05, 0) is 38.0 Å². The van der Waals surface area contributed by atoms with Crippen LogP contribution in [0.25, 0.3) is 10.7 Å². The normalized spacial score (nSPS) is 11.7. The van der Waals surface area contributed by atoms with Crippen molar-refractivity contribution in [2.75, 3.05) is 6.61 Å². The third kappa shape index (κ3) is 5.26. The third-order valence-corrected chi connectivity index (χ3v) is 5.58. The lowest BCUT2D eigenvalue weighted by Crippen LogP contribution is -2.32. The Morgan fingerprint density at radius 3 is 2.55 bits per heavy atom. The SMILES string of the molecule is CC[C@H](NC(=O)COC(=O)c1sc(-c2ccccn2)nc1C)c1ccc(C)cc1. The van der Waals surface area contributed by atoms with Crippen molar-refractivity contribution in [2.45, 2.75) is 33.2 Å². The van der Waals surface area contributed by atoms with E-state index in [2.05, 4.69) is 15.3 Å². The van der Waals surface area contributed by atoms with Crippen molar-refractivity contribution in [1.82, 2.24) is 15.3 Å². The van der Waals surface area contributed by atoms with Gasteiger partial charge in [-0.1, -0.05) is 42.8 Å². The number of nitrogens with one attached hydrogen (secondary N) is 1. The molecule has 1 amide bonds. The maximum absolute atomic E-state index is 12.4. The molecular formula is C22H23N3O3S. The summed E-state index contributed by atoms with van der Waals surface area (Å²) >= 11 is 1.21. The second kappa shape index (κ2) is 9.43. The summed E-state index contributed by atoms with van der Waals surface area (Å²) in [6.07, 6.45) is 2.41. The fourth-order valence-electron chi connectivity index (χ4n) is 2.84. The first kappa shape index (κ1) is 20.7. The van der Waals surface area contributed by atoms with Crippen molar-refractivity contribution >= 4 is 23.2 Å². The number of carbonyl (C=O) groups is 2. The highest BCUT2D eigenvalue weighted by Gasteiger charge is 2.20. The van der Waals surface area contributed by atoms with Crippen LogP contribution in [0.4, 0.5) is 0 Å². The van der Waals surface area contributed by atoms with Gasteiger partial charge in [0.05, 0.1) is 17.4 Å². The molecule has 3 rings (SSSR count). The number of amides is 1. The third-order valence-electron chi connectivity index (χ3n) is 4.42. The van der Waals surface area contributed by atoms with E-state index in [1.807, 2.05) is 56.3 Å². The molecule has 0 aliphatic carbocycles. The lowest BCUT2D eigenvalue weighted by Gasteiger charge is -2.17. The van der Waals surface area contributed by atoms with Gasteiger partial charge in [0.25, 0.3) is 5.91 Å². The first-order valence-electron chi connectivity index (χ1n) is 9.39. The quantitative estimate of drug-likeness (QED) is 0.590. The smallest absolute Gasteiger partial charge is 0.350 e. The number of hydrogen-bond acceptors (Lipinski definition) is 6. The van der Waals surface area contributed by atoms with Crippen LogP contribution in [-0.2, 0) is 9.53 Å². The van der Waals surface area contributed by atoms with Gasteiger partial charge in [0.15, 0.2) is 6.61 Å². The number of ether oxygens (including phenoxy) is 1. The average molecular weight is 410 g/mol. The average Bonchev–Trinajstić information content (AvgIpc) is 3.13. The molecule has 7 heteroatoms. The zero-order valence-electron chi connectivity index (χ0n) is 16.6. The Bertz CT molecular complexity index is 984. The van der Waals surface area contributed by atoms with Gasteiger partial charge in [0.1, 0.15) is 9.88 Å². The number of rotatable bonds is 7. The maximum atomic E-state index is 12.4. The highest BCUT2D eigenvalue weighted by atomic mass is 32.1. The number of pyridine rings is 1. The monoisotopic (exact) mass is 409 g/mol. The van der Waals surface area contributed by atoms with Crippen LogP contribution in [0.5, 0.6) is 0 Å². The van der Waals surface area contributed by atoms with E-state index in [0.29, 0.717) is 21.3 Å². The number of benzene rings is 1. The molecule has 2 heterocycles. The molecule has 1 N–H and O–H groups in total. The number of carbonyl (C=O) groups excluding carboxylic acids is 2. The van der Waals surface area contributed by atoms with Crippen LogP contribution in [0.3, 0.4) is 0 Å². The highest BCUT2D eigenvalue weighted by molar-refractivity contribution is 7.17. The number of hydrogen-bond donors (Lipinski definition) is 1. The summed E-state index contributed by atoms with van der Waals surface area (Å²) in [5, 5.41) is 3.56. The Labute approximate surface area is 174 Å². The van der Waals surface area contributed by atoms with Gasteiger partial charge in [0.2, 0.25) is 0 Å². The maximum Gasteiger partial charge on any atom is 0.350 e. The molecule has 2 aromatic heterocycles. The van der Waals surface area contributed by atoms with E-state index in [4.69, 9.17) is 4.74 Å². The molecule has 0 unspecified atom stereocenters. The fourth-order valence-corrected chi connectivity index (χ4v) is 3.77. The Morgan fingerprint density at radius 2 is 1.90 bits per heavy atom. The van der Waals surface area contributed by atoms with Gasteiger partial charge in [-0.15, -0.1) is 11.3 Å². The van der Waals surface area contributed by atoms with Gasteiger partial charge in [0, 0.05) is 6.20 Å². The van der Waals surface area contributed by atoms with E-state index in [1.54, 1.807) is 13.1 Å². The van der Waals surface area contributed by atoms with Crippen molar-refractivity contribution in [3.8, 4) is 10.7 Å². The van der Waals surface area contributed by atoms with Gasteiger partial charge in [-0.2, -0.15) is 0 Å². The van der Waals surface area contributed by atoms with Crippen LogP contribution in [0.2, 0.25) is 0 Å². The Morgan fingerprint density at radius 1 is 1.14 bits per heavy atom. The zero-order chi connectivity index (χ0) is 20.8. The van der Waals surface area contributed by atoms with Crippen LogP contribution in [-0.4, -0.2) is 28.5 Å². The lowest BCUT2D eigenvalue weighted by atomic mass is 10.0. The van der Waals surface area contributed by atoms with Crippen molar-refractivity contribution < 1.29 is 14.3 Å². The summed E-state index contributed by atoms with van der Waals surface area (Å²) in [7, 11) is 0. The van der Waals surface area contributed by atoms with E-state index in [0.717, 1.165) is 17.5 Å². The molecule has 6 nitrogen and oxygen atoms in total. The van der Waals surface area contributed by atoms with E-state index in [9.17, 15) is 9.59 Å².